The summed E-state index contributed by atoms with van der Waals surface area (Å²) >= 11 is 0. The monoisotopic (exact) mass is 371 g/mol. The van der Waals surface area contributed by atoms with Crippen molar-refractivity contribution in [2.45, 2.75) is 0 Å². The van der Waals surface area contributed by atoms with Crippen molar-refractivity contribution in [1.82, 2.24) is 14.0 Å². The molecule has 0 aliphatic rings. The van der Waals surface area contributed by atoms with Crippen LogP contribution in [0.15, 0.2) is 84.9 Å². The smallest absolute Gasteiger partial charge is 0.140 e. The van der Waals surface area contributed by atoms with Crippen LogP contribution in [0.25, 0.3) is 60.5 Å². The summed E-state index contributed by atoms with van der Waals surface area (Å²) in [7, 11) is 2.13. The van der Waals surface area contributed by atoms with Crippen LogP contribution < -0.4 is 0 Å². The third-order valence-corrected chi connectivity index (χ3v) is 6.25. The van der Waals surface area contributed by atoms with E-state index < -0.39 is 0 Å². The van der Waals surface area contributed by atoms with Gasteiger partial charge in [-0.3, -0.25) is 0 Å². The van der Waals surface area contributed by atoms with Crippen molar-refractivity contribution in [1.29, 1.82) is 0 Å². The molecule has 0 atom stereocenters. The van der Waals surface area contributed by atoms with Gasteiger partial charge in [-0.25, -0.2) is 4.98 Å². The maximum absolute atomic E-state index is 4.99. The minimum absolute atomic E-state index is 1.00. The lowest BCUT2D eigenvalue weighted by molar-refractivity contribution is 0.963. The lowest BCUT2D eigenvalue weighted by atomic mass is 10.1. The first-order chi connectivity index (χ1) is 14.3. The predicted octanol–water partition coefficient (Wildman–Crippen LogP) is 6.39. The number of hydrogen-bond acceptors (Lipinski definition) is 1. The number of aromatic nitrogens is 3. The van der Waals surface area contributed by atoms with E-state index in [2.05, 4.69) is 94.9 Å². The minimum atomic E-state index is 1.00. The molecule has 7 rings (SSSR count). The Hall–Kier alpha value is -3.85. The number of para-hydroxylation sites is 2. The Morgan fingerprint density at radius 3 is 2.28 bits per heavy atom. The van der Waals surface area contributed by atoms with Crippen molar-refractivity contribution in [3.05, 3.63) is 84.9 Å². The van der Waals surface area contributed by atoms with Crippen LogP contribution in [0, 0.1) is 0 Å². The van der Waals surface area contributed by atoms with E-state index in [4.69, 9.17) is 4.98 Å². The third kappa shape index (κ3) is 1.76. The summed E-state index contributed by atoms with van der Waals surface area (Å²) in [6, 6.07) is 30.2. The Balaban J connectivity index is 1.74. The summed E-state index contributed by atoms with van der Waals surface area (Å²) in [6.07, 6.45) is 0. The first-order valence-corrected chi connectivity index (χ1v) is 9.91. The number of imidazole rings is 1. The van der Waals surface area contributed by atoms with E-state index in [1.165, 1.54) is 43.6 Å². The minimum Gasteiger partial charge on any atom is -0.327 e. The van der Waals surface area contributed by atoms with E-state index in [0.29, 0.717) is 0 Å². The second-order valence-electron chi connectivity index (χ2n) is 7.74. The largest absolute Gasteiger partial charge is 0.327 e. The van der Waals surface area contributed by atoms with Gasteiger partial charge in [-0.05, 0) is 18.2 Å². The number of rotatable bonds is 1. The van der Waals surface area contributed by atoms with Crippen molar-refractivity contribution in [3.8, 4) is 11.4 Å². The second-order valence-corrected chi connectivity index (χ2v) is 7.74. The molecule has 0 amide bonds. The topological polar surface area (TPSA) is 22.2 Å². The van der Waals surface area contributed by atoms with Crippen LogP contribution in [-0.2, 0) is 7.05 Å². The highest BCUT2D eigenvalue weighted by Gasteiger charge is 2.21. The van der Waals surface area contributed by atoms with Crippen LogP contribution >= 0.6 is 0 Å². The highest BCUT2D eigenvalue weighted by Crippen LogP contribution is 2.41. The zero-order valence-corrected chi connectivity index (χ0v) is 15.9. The molecule has 0 aliphatic carbocycles. The molecule has 0 aliphatic heterocycles. The lowest BCUT2D eigenvalue weighted by Gasteiger charge is -2.04. The molecule has 0 fully saturated rings. The highest BCUT2D eigenvalue weighted by molar-refractivity contribution is 6.28. The maximum Gasteiger partial charge on any atom is 0.140 e. The molecule has 4 aromatic carbocycles. The summed E-state index contributed by atoms with van der Waals surface area (Å²) in [4.78, 5) is 4.99. The van der Waals surface area contributed by atoms with Crippen molar-refractivity contribution in [2.75, 3.05) is 0 Å². The maximum atomic E-state index is 4.99. The number of hydrogen-bond donors (Lipinski definition) is 0. The third-order valence-electron chi connectivity index (χ3n) is 6.25. The van der Waals surface area contributed by atoms with Gasteiger partial charge in [-0.15, -0.1) is 0 Å². The first kappa shape index (κ1) is 15.1. The van der Waals surface area contributed by atoms with Gasteiger partial charge in [0, 0.05) is 34.2 Å². The van der Waals surface area contributed by atoms with Crippen LogP contribution in [0.4, 0.5) is 0 Å². The van der Waals surface area contributed by atoms with Crippen LogP contribution in [0.5, 0.6) is 0 Å². The molecule has 3 heterocycles. The highest BCUT2D eigenvalue weighted by atomic mass is 15.1. The molecular weight excluding hydrogens is 354 g/mol. The van der Waals surface area contributed by atoms with Gasteiger partial charge in [-0.2, -0.15) is 0 Å². The standard InChI is InChI=1S/C26H17N3/c1-28-25-20(27-26(28)16-8-3-2-4-9-16)14-15-22-23(25)19-12-7-11-18-17-10-5-6-13-21(17)29(22)24(18)19/h2-15H,1H3. The Morgan fingerprint density at radius 1 is 0.621 bits per heavy atom. The quantitative estimate of drug-likeness (QED) is 0.328. The van der Waals surface area contributed by atoms with Crippen molar-refractivity contribution < 1.29 is 0 Å². The molecule has 3 nitrogen and oxygen atoms in total. The summed E-state index contributed by atoms with van der Waals surface area (Å²) in [5, 5.41) is 5.20. The van der Waals surface area contributed by atoms with Gasteiger partial charge in [0.25, 0.3) is 0 Å². The van der Waals surface area contributed by atoms with Gasteiger partial charge in [0.05, 0.1) is 27.6 Å². The van der Waals surface area contributed by atoms with E-state index >= 15 is 0 Å². The summed E-state index contributed by atoms with van der Waals surface area (Å²) < 4.78 is 4.67. The van der Waals surface area contributed by atoms with E-state index in [9.17, 15) is 0 Å². The molecular formula is C26H17N3. The number of benzene rings is 4. The molecule has 0 saturated heterocycles. The molecule has 0 spiro atoms. The fourth-order valence-corrected chi connectivity index (χ4v) is 5.06. The molecule has 136 valence electrons. The van der Waals surface area contributed by atoms with Crippen molar-refractivity contribution in [3.63, 3.8) is 0 Å². The molecule has 0 saturated carbocycles. The van der Waals surface area contributed by atoms with Gasteiger partial charge in [0.15, 0.2) is 0 Å². The van der Waals surface area contributed by atoms with Crippen molar-refractivity contribution in [2.24, 2.45) is 7.05 Å². The predicted molar refractivity (Wildman–Crippen MR) is 121 cm³/mol. The Labute approximate surface area is 166 Å². The number of fused-ring (bicyclic) bond motifs is 8. The number of nitrogens with zero attached hydrogens (tertiary/aromatic N) is 3. The Bertz CT molecular complexity index is 1700. The number of aryl methyl sites for hydroxylation is 1. The molecule has 0 radical (unpaired) electrons. The lowest BCUT2D eigenvalue weighted by Crippen LogP contribution is -1.92. The van der Waals surface area contributed by atoms with Gasteiger partial charge in [0.2, 0.25) is 0 Å². The molecule has 0 unspecified atom stereocenters. The second kappa shape index (κ2) is 5.15. The molecule has 0 bridgehead atoms. The molecule has 0 N–H and O–H groups in total. The van der Waals surface area contributed by atoms with Crippen LogP contribution in [0.1, 0.15) is 0 Å². The van der Waals surface area contributed by atoms with E-state index in [-0.39, 0.29) is 0 Å². The average molecular weight is 371 g/mol. The van der Waals surface area contributed by atoms with E-state index in [0.717, 1.165) is 16.9 Å². The molecule has 3 heteroatoms. The van der Waals surface area contributed by atoms with Crippen molar-refractivity contribution >= 4 is 49.1 Å². The average Bonchev–Trinajstić information content (AvgIpc) is 3.41. The first-order valence-electron chi connectivity index (χ1n) is 9.91. The van der Waals surface area contributed by atoms with Gasteiger partial charge >= 0.3 is 0 Å². The Morgan fingerprint density at radius 2 is 1.38 bits per heavy atom. The van der Waals surface area contributed by atoms with Gasteiger partial charge in [-0.1, -0.05) is 66.7 Å². The van der Waals surface area contributed by atoms with Gasteiger partial charge < -0.3 is 8.97 Å². The fraction of sp³-hybridized carbons (Fsp3) is 0.0385. The fourth-order valence-electron chi connectivity index (χ4n) is 5.06. The zero-order valence-electron chi connectivity index (χ0n) is 15.9. The van der Waals surface area contributed by atoms with Crippen LogP contribution in [-0.4, -0.2) is 14.0 Å². The zero-order chi connectivity index (χ0) is 19.1. The summed E-state index contributed by atoms with van der Waals surface area (Å²) in [5.41, 5.74) is 7.18. The SMILES string of the molecule is Cn1c(-c2ccccc2)nc2ccc3c(c4cccc5c6ccccc6n3c54)c21. The van der Waals surface area contributed by atoms with Gasteiger partial charge in [0.1, 0.15) is 5.82 Å². The molecule has 29 heavy (non-hydrogen) atoms. The van der Waals surface area contributed by atoms with Crippen LogP contribution in [0.3, 0.4) is 0 Å². The summed E-state index contributed by atoms with van der Waals surface area (Å²) in [6.45, 7) is 0. The normalized spacial score (nSPS) is 12.3. The van der Waals surface area contributed by atoms with E-state index in [1.54, 1.807) is 0 Å². The van der Waals surface area contributed by atoms with E-state index in [1.807, 2.05) is 6.07 Å². The summed E-state index contributed by atoms with van der Waals surface area (Å²) in [5.74, 6) is 1.00. The van der Waals surface area contributed by atoms with Crippen LogP contribution in [0.2, 0.25) is 0 Å². The molecule has 3 aromatic heterocycles. The Kier molecular flexibility index (Phi) is 2.68. The molecule has 7 aromatic rings.